The smallest absolute Gasteiger partial charge is 0.227 e. The molecule has 114 valence electrons. The first-order valence-electron chi connectivity index (χ1n) is 7.30. The second-order valence-corrected chi connectivity index (χ2v) is 5.48. The van der Waals surface area contributed by atoms with Gasteiger partial charge in [-0.15, -0.1) is 0 Å². The van der Waals surface area contributed by atoms with E-state index in [9.17, 15) is 5.11 Å². The minimum absolute atomic E-state index is 0.275. The van der Waals surface area contributed by atoms with Gasteiger partial charge in [0.05, 0.1) is 6.10 Å². The Hall–Kier alpha value is -1.88. The summed E-state index contributed by atoms with van der Waals surface area (Å²) in [7, 11) is 0. The summed E-state index contributed by atoms with van der Waals surface area (Å²) in [4.78, 5) is 4.28. The molecule has 0 aliphatic carbocycles. The molecule has 2 rings (SSSR count). The molecule has 5 nitrogen and oxygen atoms in total. The third-order valence-corrected chi connectivity index (χ3v) is 3.11. The van der Waals surface area contributed by atoms with Crippen molar-refractivity contribution in [3.8, 4) is 5.75 Å². The van der Waals surface area contributed by atoms with Crippen LogP contribution in [0.15, 0.2) is 28.8 Å². The maximum absolute atomic E-state index is 9.73. The number of benzene rings is 1. The Morgan fingerprint density at radius 1 is 1.24 bits per heavy atom. The summed E-state index contributed by atoms with van der Waals surface area (Å²) in [6.45, 7) is 6.43. The Bertz CT molecular complexity index is 549. The summed E-state index contributed by atoms with van der Waals surface area (Å²) in [5, 5.41) is 13.6. The Morgan fingerprint density at radius 3 is 2.57 bits per heavy atom. The molecule has 5 heteroatoms. The van der Waals surface area contributed by atoms with E-state index in [0.717, 1.165) is 17.7 Å². The van der Waals surface area contributed by atoms with E-state index in [-0.39, 0.29) is 6.61 Å². The molecule has 1 atom stereocenters. The molecular formula is C16H22N2O3. The van der Waals surface area contributed by atoms with Crippen LogP contribution >= 0.6 is 0 Å². The van der Waals surface area contributed by atoms with E-state index in [4.69, 9.17) is 9.26 Å². The van der Waals surface area contributed by atoms with Gasteiger partial charge in [0.2, 0.25) is 11.7 Å². The van der Waals surface area contributed by atoms with Gasteiger partial charge in [-0.2, -0.15) is 4.98 Å². The van der Waals surface area contributed by atoms with Crippen molar-refractivity contribution in [1.29, 1.82) is 0 Å². The molecule has 0 fully saturated rings. The van der Waals surface area contributed by atoms with Crippen LogP contribution in [0.1, 0.15) is 50.6 Å². The largest absolute Gasteiger partial charge is 0.485 e. The third kappa shape index (κ3) is 4.56. The summed E-state index contributed by atoms with van der Waals surface area (Å²) in [5.74, 6) is 2.39. The number of nitrogens with zero attached hydrogens (tertiary/aromatic N) is 2. The van der Waals surface area contributed by atoms with Crippen LogP contribution in [0.4, 0.5) is 0 Å². The van der Waals surface area contributed by atoms with E-state index >= 15 is 0 Å². The molecule has 0 bridgehead atoms. The molecule has 1 heterocycles. The number of rotatable bonds is 7. The van der Waals surface area contributed by atoms with Gasteiger partial charge in [-0.1, -0.05) is 38.1 Å². The monoisotopic (exact) mass is 290 g/mol. The van der Waals surface area contributed by atoms with Gasteiger partial charge in [0.1, 0.15) is 5.75 Å². The normalized spacial score (nSPS) is 12.6. The lowest BCUT2D eigenvalue weighted by Crippen LogP contribution is -2.00. The lowest BCUT2D eigenvalue weighted by Gasteiger charge is -2.09. The number of aliphatic hydroxyl groups is 1. The number of aliphatic hydroxyl groups excluding tert-OH is 1. The number of aromatic nitrogens is 2. The van der Waals surface area contributed by atoms with E-state index in [1.807, 2.05) is 31.2 Å². The zero-order valence-corrected chi connectivity index (χ0v) is 12.7. The molecular weight excluding hydrogens is 268 g/mol. The highest BCUT2D eigenvalue weighted by atomic mass is 16.5. The van der Waals surface area contributed by atoms with Crippen LogP contribution < -0.4 is 4.74 Å². The van der Waals surface area contributed by atoms with Crippen LogP contribution in [0.3, 0.4) is 0 Å². The predicted molar refractivity (Wildman–Crippen MR) is 78.9 cm³/mol. The van der Waals surface area contributed by atoms with Crippen LogP contribution in [0.2, 0.25) is 0 Å². The van der Waals surface area contributed by atoms with Crippen molar-refractivity contribution < 1.29 is 14.4 Å². The fraction of sp³-hybridized carbons (Fsp3) is 0.500. The van der Waals surface area contributed by atoms with Gasteiger partial charge in [0.15, 0.2) is 6.61 Å². The Kier molecular flexibility index (Phi) is 5.33. The molecule has 0 saturated heterocycles. The quantitative estimate of drug-likeness (QED) is 0.847. The minimum atomic E-state index is -0.421. The molecule has 2 aromatic rings. The molecule has 0 aliphatic heterocycles. The van der Waals surface area contributed by atoms with Gasteiger partial charge in [-0.25, -0.2) is 0 Å². The van der Waals surface area contributed by atoms with Gasteiger partial charge in [0.25, 0.3) is 0 Å². The second-order valence-electron chi connectivity index (χ2n) is 5.48. The summed E-state index contributed by atoms with van der Waals surface area (Å²) >= 11 is 0. The van der Waals surface area contributed by atoms with Crippen molar-refractivity contribution in [1.82, 2.24) is 10.1 Å². The summed E-state index contributed by atoms with van der Waals surface area (Å²) in [6.07, 6.45) is 1.05. The summed E-state index contributed by atoms with van der Waals surface area (Å²) < 4.78 is 10.8. The van der Waals surface area contributed by atoms with Gasteiger partial charge < -0.3 is 14.4 Å². The highest BCUT2D eigenvalue weighted by molar-refractivity contribution is 5.28. The van der Waals surface area contributed by atoms with Crippen molar-refractivity contribution in [2.24, 2.45) is 5.92 Å². The average Bonchev–Trinajstić information content (AvgIpc) is 2.91. The van der Waals surface area contributed by atoms with Crippen LogP contribution in [0.25, 0.3) is 0 Å². The predicted octanol–water partition coefficient (Wildman–Crippen LogP) is 3.29. The lowest BCUT2D eigenvalue weighted by atomic mass is 10.1. The summed E-state index contributed by atoms with van der Waals surface area (Å²) in [6, 6.07) is 7.40. The van der Waals surface area contributed by atoms with Gasteiger partial charge in [0, 0.05) is 6.42 Å². The maximum atomic E-state index is 9.73. The molecule has 21 heavy (non-hydrogen) atoms. The first-order chi connectivity index (χ1) is 10.1. The van der Waals surface area contributed by atoms with Crippen molar-refractivity contribution in [3.63, 3.8) is 0 Å². The van der Waals surface area contributed by atoms with Gasteiger partial charge in [-0.05, 0) is 30.0 Å². The Labute approximate surface area is 125 Å². The van der Waals surface area contributed by atoms with Crippen molar-refractivity contribution in [2.75, 3.05) is 0 Å². The van der Waals surface area contributed by atoms with Gasteiger partial charge in [-0.3, -0.25) is 0 Å². The fourth-order valence-electron chi connectivity index (χ4n) is 1.95. The minimum Gasteiger partial charge on any atom is -0.485 e. The zero-order chi connectivity index (χ0) is 15.2. The van der Waals surface area contributed by atoms with Crippen molar-refractivity contribution >= 4 is 0 Å². The summed E-state index contributed by atoms with van der Waals surface area (Å²) in [5.41, 5.74) is 0.892. The SMILES string of the molecule is CC[C@H](O)c1ccc(OCc2noc(CC(C)C)n2)cc1. The van der Waals surface area contributed by atoms with E-state index in [1.165, 1.54) is 0 Å². The van der Waals surface area contributed by atoms with E-state index in [0.29, 0.717) is 24.1 Å². The highest BCUT2D eigenvalue weighted by Gasteiger charge is 2.09. The molecule has 0 amide bonds. The molecule has 1 aromatic heterocycles. The fourth-order valence-corrected chi connectivity index (χ4v) is 1.95. The average molecular weight is 290 g/mol. The standard InChI is InChI=1S/C16H22N2O3/c1-4-14(19)12-5-7-13(8-6-12)20-10-15-17-16(21-18-15)9-11(2)3/h5-8,11,14,19H,4,9-10H2,1-3H3/t14-/m0/s1. The van der Waals surface area contributed by atoms with Crippen LogP contribution in [-0.4, -0.2) is 15.2 Å². The van der Waals surface area contributed by atoms with E-state index in [1.54, 1.807) is 0 Å². The first-order valence-corrected chi connectivity index (χ1v) is 7.30. The molecule has 0 aliphatic rings. The Balaban J connectivity index is 1.89. The van der Waals surface area contributed by atoms with E-state index < -0.39 is 6.10 Å². The zero-order valence-electron chi connectivity index (χ0n) is 12.7. The topological polar surface area (TPSA) is 68.4 Å². The number of ether oxygens (including phenoxy) is 1. The van der Waals surface area contributed by atoms with Crippen LogP contribution in [0.5, 0.6) is 5.75 Å². The van der Waals surface area contributed by atoms with Crippen LogP contribution in [0, 0.1) is 5.92 Å². The third-order valence-electron chi connectivity index (χ3n) is 3.11. The number of hydrogen-bond acceptors (Lipinski definition) is 5. The first kappa shape index (κ1) is 15.5. The van der Waals surface area contributed by atoms with Gasteiger partial charge >= 0.3 is 0 Å². The number of hydrogen-bond donors (Lipinski definition) is 1. The highest BCUT2D eigenvalue weighted by Crippen LogP contribution is 2.20. The second kappa shape index (κ2) is 7.22. The van der Waals surface area contributed by atoms with E-state index in [2.05, 4.69) is 24.0 Å². The molecule has 1 N–H and O–H groups in total. The Morgan fingerprint density at radius 2 is 1.95 bits per heavy atom. The molecule has 0 saturated carbocycles. The molecule has 1 aromatic carbocycles. The maximum Gasteiger partial charge on any atom is 0.227 e. The molecule has 0 radical (unpaired) electrons. The lowest BCUT2D eigenvalue weighted by molar-refractivity contribution is 0.173. The van der Waals surface area contributed by atoms with Crippen molar-refractivity contribution in [3.05, 3.63) is 41.5 Å². The molecule has 0 unspecified atom stereocenters. The van der Waals surface area contributed by atoms with Crippen molar-refractivity contribution in [2.45, 2.75) is 46.3 Å². The molecule has 0 spiro atoms. The van der Waals surface area contributed by atoms with Crippen LogP contribution in [-0.2, 0) is 13.0 Å².